The first kappa shape index (κ1) is 9.49. The van der Waals surface area contributed by atoms with Gasteiger partial charge in [-0.1, -0.05) is 6.08 Å². The molecule has 0 aromatic carbocycles. The first-order valence-corrected chi connectivity index (χ1v) is 2.91. The molecule has 0 spiro atoms. The molecule has 0 aliphatic rings. The highest BCUT2D eigenvalue weighted by Gasteiger charge is 2.21. The van der Waals surface area contributed by atoms with E-state index >= 15 is 0 Å². The molecule has 1 nitrogen and oxygen atoms in total. The summed E-state index contributed by atoms with van der Waals surface area (Å²) >= 11 is 0. The highest BCUT2D eigenvalue weighted by molar-refractivity contribution is 4.88. The maximum Gasteiger partial charge on any atom is 0.409 e. The summed E-state index contributed by atoms with van der Waals surface area (Å²) in [5.41, 5.74) is 0. The number of aliphatic hydroxyl groups excluding tert-OH is 1. The summed E-state index contributed by atoms with van der Waals surface area (Å²) in [6, 6.07) is 0. The lowest BCUT2D eigenvalue weighted by Gasteiger charge is -1.96. The van der Waals surface area contributed by atoms with Crippen LogP contribution in [0.4, 0.5) is 13.2 Å². The van der Waals surface area contributed by atoms with Gasteiger partial charge in [-0.15, -0.1) is 0 Å². The van der Waals surface area contributed by atoms with Crippen molar-refractivity contribution >= 4 is 0 Å². The zero-order chi connectivity index (χ0) is 8.04. The molecule has 0 saturated carbocycles. The molecule has 0 unspecified atom stereocenters. The van der Waals surface area contributed by atoms with E-state index in [9.17, 15) is 13.2 Å². The van der Waals surface area contributed by atoms with Crippen LogP contribution < -0.4 is 0 Å². The van der Waals surface area contributed by atoms with Crippen LogP contribution in [0.3, 0.4) is 0 Å². The molecule has 60 valence electrons. The summed E-state index contributed by atoms with van der Waals surface area (Å²) in [6.45, 7) is -0.0673. The van der Waals surface area contributed by atoms with Crippen LogP contribution in [0.2, 0.25) is 0 Å². The standard InChI is InChI=1S/C6H9F3O/c7-6(8,9)4-2-1-3-5-10/h2,4,10H,1,3,5H2. The Morgan fingerprint density at radius 1 is 1.30 bits per heavy atom. The highest BCUT2D eigenvalue weighted by atomic mass is 19.4. The second-order valence-electron chi connectivity index (χ2n) is 1.81. The van der Waals surface area contributed by atoms with Crippen molar-refractivity contribution in [3.63, 3.8) is 0 Å². The molecule has 0 rings (SSSR count). The molecule has 0 aliphatic heterocycles. The van der Waals surface area contributed by atoms with Gasteiger partial charge in [0.2, 0.25) is 0 Å². The van der Waals surface area contributed by atoms with E-state index in [0.717, 1.165) is 6.08 Å². The van der Waals surface area contributed by atoms with Crippen molar-refractivity contribution in [2.45, 2.75) is 19.0 Å². The Kier molecular flexibility index (Phi) is 4.11. The molecular weight excluding hydrogens is 145 g/mol. The predicted molar refractivity (Wildman–Crippen MR) is 31.5 cm³/mol. The molecule has 0 fully saturated rings. The molecule has 0 aromatic heterocycles. The van der Waals surface area contributed by atoms with Crippen LogP contribution in [0.1, 0.15) is 12.8 Å². The third-order valence-electron chi connectivity index (χ3n) is 0.836. The van der Waals surface area contributed by atoms with Gasteiger partial charge in [0, 0.05) is 12.7 Å². The molecule has 10 heavy (non-hydrogen) atoms. The minimum absolute atomic E-state index is 0.0673. The second kappa shape index (κ2) is 4.33. The van der Waals surface area contributed by atoms with E-state index in [2.05, 4.69) is 0 Å². The largest absolute Gasteiger partial charge is 0.409 e. The fourth-order valence-electron chi connectivity index (χ4n) is 0.426. The third-order valence-corrected chi connectivity index (χ3v) is 0.836. The summed E-state index contributed by atoms with van der Waals surface area (Å²) in [6.07, 6.45) is -2.36. The van der Waals surface area contributed by atoms with Gasteiger partial charge in [0.05, 0.1) is 0 Å². The lowest BCUT2D eigenvalue weighted by Crippen LogP contribution is -2.00. The molecule has 0 aliphatic carbocycles. The maximum atomic E-state index is 11.3. The first-order chi connectivity index (χ1) is 4.56. The molecule has 0 atom stereocenters. The fraction of sp³-hybridized carbons (Fsp3) is 0.667. The van der Waals surface area contributed by atoms with Crippen LogP contribution in [0, 0.1) is 0 Å². The summed E-state index contributed by atoms with van der Waals surface area (Å²) in [4.78, 5) is 0. The number of hydrogen-bond acceptors (Lipinski definition) is 1. The Balaban J connectivity index is 3.37. The van der Waals surface area contributed by atoms with E-state index in [1.807, 2.05) is 0 Å². The molecule has 0 radical (unpaired) electrons. The molecule has 4 heteroatoms. The van der Waals surface area contributed by atoms with Gasteiger partial charge in [0.15, 0.2) is 0 Å². The van der Waals surface area contributed by atoms with Gasteiger partial charge < -0.3 is 5.11 Å². The van der Waals surface area contributed by atoms with E-state index in [4.69, 9.17) is 5.11 Å². The Bertz CT molecular complexity index is 106. The monoisotopic (exact) mass is 154 g/mol. The fourth-order valence-corrected chi connectivity index (χ4v) is 0.426. The van der Waals surface area contributed by atoms with Gasteiger partial charge in [-0.25, -0.2) is 0 Å². The third kappa shape index (κ3) is 7.49. The SMILES string of the molecule is OCCCC=CC(F)(F)F. The van der Waals surface area contributed by atoms with E-state index in [-0.39, 0.29) is 19.1 Å². The van der Waals surface area contributed by atoms with Crippen LogP contribution in [0.15, 0.2) is 12.2 Å². The minimum Gasteiger partial charge on any atom is -0.396 e. The average Bonchev–Trinajstić information content (AvgIpc) is 1.78. The minimum atomic E-state index is -4.21. The first-order valence-electron chi connectivity index (χ1n) is 2.91. The van der Waals surface area contributed by atoms with Crippen molar-refractivity contribution in [3.05, 3.63) is 12.2 Å². The Morgan fingerprint density at radius 3 is 2.30 bits per heavy atom. The topological polar surface area (TPSA) is 20.2 Å². The van der Waals surface area contributed by atoms with Crippen LogP contribution in [0.25, 0.3) is 0 Å². The number of aliphatic hydroxyl groups is 1. The number of alkyl halides is 3. The molecule has 0 amide bonds. The Morgan fingerprint density at radius 2 is 1.90 bits per heavy atom. The van der Waals surface area contributed by atoms with Crippen LogP contribution >= 0.6 is 0 Å². The molecule has 1 N–H and O–H groups in total. The van der Waals surface area contributed by atoms with Gasteiger partial charge in [0.1, 0.15) is 0 Å². The molecule has 0 bridgehead atoms. The van der Waals surface area contributed by atoms with Crippen LogP contribution in [0.5, 0.6) is 0 Å². The summed E-state index contributed by atoms with van der Waals surface area (Å²) in [7, 11) is 0. The quantitative estimate of drug-likeness (QED) is 0.486. The van der Waals surface area contributed by atoms with Crippen LogP contribution in [-0.4, -0.2) is 17.9 Å². The lowest BCUT2D eigenvalue weighted by atomic mass is 10.3. The van der Waals surface area contributed by atoms with Gasteiger partial charge >= 0.3 is 6.18 Å². The van der Waals surface area contributed by atoms with E-state index in [1.165, 1.54) is 0 Å². The van der Waals surface area contributed by atoms with E-state index < -0.39 is 6.18 Å². The van der Waals surface area contributed by atoms with Gasteiger partial charge in [-0.05, 0) is 12.8 Å². The number of hydrogen-bond donors (Lipinski definition) is 1. The highest BCUT2D eigenvalue weighted by Crippen LogP contribution is 2.16. The molecule has 0 aromatic rings. The van der Waals surface area contributed by atoms with Crippen molar-refractivity contribution in [1.82, 2.24) is 0 Å². The second-order valence-corrected chi connectivity index (χ2v) is 1.81. The van der Waals surface area contributed by atoms with Gasteiger partial charge in [-0.2, -0.15) is 13.2 Å². The van der Waals surface area contributed by atoms with Crippen molar-refractivity contribution in [2.75, 3.05) is 6.61 Å². The smallest absolute Gasteiger partial charge is 0.396 e. The summed E-state index contributed by atoms with van der Waals surface area (Å²) in [5, 5.41) is 8.18. The number of unbranched alkanes of at least 4 members (excludes halogenated alkanes) is 1. The predicted octanol–water partition coefficient (Wildman–Crippen LogP) is 1.88. The molecule has 0 heterocycles. The zero-order valence-corrected chi connectivity index (χ0v) is 5.36. The summed E-state index contributed by atoms with van der Waals surface area (Å²) in [5.74, 6) is 0. The Labute approximate surface area is 57.2 Å². The van der Waals surface area contributed by atoms with E-state index in [1.54, 1.807) is 0 Å². The van der Waals surface area contributed by atoms with Crippen LogP contribution in [-0.2, 0) is 0 Å². The Hall–Kier alpha value is -0.510. The summed E-state index contributed by atoms with van der Waals surface area (Å²) < 4.78 is 34.0. The zero-order valence-electron chi connectivity index (χ0n) is 5.36. The normalized spacial score (nSPS) is 12.8. The van der Waals surface area contributed by atoms with Gasteiger partial charge in [-0.3, -0.25) is 0 Å². The maximum absolute atomic E-state index is 11.3. The molecule has 0 saturated heterocycles. The van der Waals surface area contributed by atoms with E-state index in [0.29, 0.717) is 6.42 Å². The number of halogens is 3. The lowest BCUT2D eigenvalue weighted by molar-refractivity contribution is -0.0800. The van der Waals surface area contributed by atoms with Crippen molar-refractivity contribution < 1.29 is 18.3 Å². The van der Waals surface area contributed by atoms with Crippen molar-refractivity contribution in [2.24, 2.45) is 0 Å². The number of allylic oxidation sites excluding steroid dienone is 2. The van der Waals surface area contributed by atoms with Crippen molar-refractivity contribution in [1.29, 1.82) is 0 Å². The van der Waals surface area contributed by atoms with Crippen molar-refractivity contribution in [3.8, 4) is 0 Å². The average molecular weight is 154 g/mol. The van der Waals surface area contributed by atoms with Gasteiger partial charge in [0.25, 0.3) is 0 Å². The molecular formula is C6H9F3O. The number of rotatable bonds is 3.